The molecular formula is C27H29N3O12. The van der Waals surface area contributed by atoms with Crippen molar-refractivity contribution in [1.82, 2.24) is 15.0 Å². The monoisotopic (exact) mass is 587 g/mol. The van der Waals surface area contributed by atoms with Crippen LogP contribution in [0.2, 0.25) is 0 Å². The van der Waals surface area contributed by atoms with Crippen LogP contribution >= 0.6 is 0 Å². The Hall–Kier alpha value is -4.79. The van der Waals surface area contributed by atoms with E-state index in [1.165, 1.54) is 23.9 Å². The third kappa shape index (κ3) is 7.28. The Morgan fingerprint density at radius 3 is 2.24 bits per heavy atom. The van der Waals surface area contributed by atoms with Crippen LogP contribution in [0.4, 0.5) is 0 Å². The quantitative estimate of drug-likeness (QED) is 0.199. The second-order valence-corrected chi connectivity index (χ2v) is 9.47. The van der Waals surface area contributed by atoms with Crippen molar-refractivity contribution in [2.45, 2.75) is 71.9 Å². The molecule has 2 aromatic heterocycles. The van der Waals surface area contributed by atoms with Crippen LogP contribution in [0.25, 0.3) is 11.0 Å². The first-order valence-electron chi connectivity index (χ1n) is 12.8. The number of aromatic nitrogens is 3. The molecule has 3 heterocycles. The number of ether oxygens (including phenoxy) is 6. The lowest BCUT2D eigenvalue weighted by atomic mass is 9.97. The number of carbonyl (C=O) groups is 4. The fourth-order valence-electron chi connectivity index (χ4n) is 4.47. The first-order valence-corrected chi connectivity index (χ1v) is 12.8. The molecule has 224 valence electrons. The number of hydrogen-bond donors (Lipinski definition) is 0. The van der Waals surface area contributed by atoms with E-state index in [1.807, 2.05) is 0 Å². The molecule has 0 bridgehead atoms. The molecule has 3 aromatic rings. The van der Waals surface area contributed by atoms with E-state index >= 15 is 0 Å². The summed E-state index contributed by atoms with van der Waals surface area (Å²) in [5.41, 5.74) is 0.970. The van der Waals surface area contributed by atoms with Crippen LogP contribution in [0.1, 0.15) is 45.2 Å². The molecule has 1 saturated heterocycles. The van der Waals surface area contributed by atoms with Gasteiger partial charge in [0.2, 0.25) is 0 Å². The van der Waals surface area contributed by atoms with Gasteiger partial charge in [0.05, 0.1) is 6.20 Å². The van der Waals surface area contributed by atoms with Crippen molar-refractivity contribution in [2.24, 2.45) is 0 Å². The van der Waals surface area contributed by atoms with E-state index in [1.54, 1.807) is 25.1 Å². The summed E-state index contributed by atoms with van der Waals surface area (Å²) in [6.45, 7) is 5.94. The number of rotatable bonds is 9. The molecule has 15 nitrogen and oxygen atoms in total. The molecule has 42 heavy (non-hydrogen) atoms. The number of benzene rings is 1. The molecule has 0 amide bonds. The minimum atomic E-state index is -1.35. The van der Waals surface area contributed by atoms with Gasteiger partial charge in [0.1, 0.15) is 36.3 Å². The van der Waals surface area contributed by atoms with E-state index in [9.17, 15) is 24.0 Å². The SMILES string of the molecule is CC(=O)OC[C@H]1O[C@@H](n2cc(COc3ccc4c(C)cc(=O)oc4c3)nn2)[C@H](OC(C)=O)[C@@H](OC(C)=O)[C@@H]1OC(C)=O. The fourth-order valence-corrected chi connectivity index (χ4v) is 4.47. The number of hydrogen-bond acceptors (Lipinski definition) is 14. The van der Waals surface area contributed by atoms with Crippen LogP contribution in [0, 0.1) is 6.92 Å². The van der Waals surface area contributed by atoms with Gasteiger partial charge in [0.15, 0.2) is 24.5 Å². The summed E-state index contributed by atoms with van der Waals surface area (Å²) in [7, 11) is 0. The average Bonchev–Trinajstić information content (AvgIpc) is 3.36. The van der Waals surface area contributed by atoms with E-state index in [0.717, 1.165) is 31.7 Å². The van der Waals surface area contributed by atoms with Crippen LogP contribution < -0.4 is 10.4 Å². The number of carbonyl (C=O) groups excluding carboxylic acids is 4. The van der Waals surface area contributed by atoms with E-state index in [-0.39, 0.29) is 13.2 Å². The molecule has 0 unspecified atom stereocenters. The van der Waals surface area contributed by atoms with E-state index in [0.29, 0.717) is 17.0 Å². The van der Waals surface area contributed by atoms with Gasteiger partial charge < -0.3 is 32.8 Å². The van der Waals surface area contributed by atoms with Crippen molar-refractivity contribution >= 4 is 34.8 Å². The van der Waals surface area contributed by atoms with Crippen LogP contribution in [0.15, 0.2) is 39.7 Å². The van der Waals surface area contributed by atoms with Gasteiger partial charge in [-0.2, -0.15) is 0 Å². The summed E-state index contributed by atoms with van der Waals surface area (Å²) in [6, 6.07) is 6.44. The van der Waals surface area contributed by atoms with Crippen molar-refractivity contribution in [1.29, 1.82) is 0 Å². The molecule has 0 N–H and O–H groups in total. The number of nitrogens with zero attached hydrogens (tertiary/aromatic N) is 3. The van der Waals surface area contributed by atoms with Crippen LogP contribution in [-0.4, -0.2) is 69.9 Å². The lowest BCUT2D eigenvalue weighted by Crippen LogP contribution is -2.60. The topological polar surface area (TPSA) is 185 Å². The molecule has 15 heteroatoms. The van der Waals surface area contributed by atoms with Gasteiger partial charge in [-0.1, -0.05) is 5.21 Å². The zero-order valence-electron chi connectivity index (χ0n) is 23.4. The van der Waals surface area contributed by atoms with Crippen LogP contribution in [-0.2, 0) is 49.5 Å². The molecule has 0 aliphatic carbocycles. The maximum atomic E-state index is 12.1. The minimum Gasteiger partial charge on any atom is -0.487 e. The predicted octanol–water partition coefficient (Wildman–Crippen LogP) is 1.53. The van der Waals surface area contributed by atoms with Gasteiger partial charge in [-0.15, -0.1) is 5.10 Å². The molecule has 0 radical (unpaired) electrons. The molecule has 5 atom stereocenters. The number of fused-ring (bicyclic) bond motifs is 1. The Kier molecular flexibility index (Phi) is 9.20. The zero-order valence-corrected chi connectivity index (χ0v) is 23.4. The van der Waals surface area contributed by atoms with Crippen molar-refractivity contribution in [3.63, 3.8) is 0 Å². The first-order chi connectivity index (χ1) is 19.9. The van der Waals surface area contributed by atoms with E-state index in [2.05, 4.69) is 10.3 Å². The van der Waals surface area contributed by atoms with Crippen molar-refractivity contribution in [3.05, 3.63) is 52.1 Å². The van der Waals surface area contributed by atoms with Gasteiger partial charge in [-0.3, -0.25) is 19.2 Å². The summed E-state index contributed by atoms with van der Waals surface area (Å²) in [6.07, 6.45) is -4.93. The summed E-state index contributed by atoms with van der Waals surface area (Å²) in [4.78, 5) is 59.3. The smallest absolute Gasteiger partial charge is 0.336 e. The predicted molar refractivity (Wildman–Crippen MR) is 139 cm³/mol. The highest BCUT2D eigenvalue weighted by Gasteiger charge is 2.53. The Bertz CT molecular complexity index is 1550. The maximum Gasteiger partial charge on any atom is 0.336 e. The lowest BCUT2D eigenvalue weighted by molar-refractivity contribution is -0.270. The minimum absolute atomic E-state index is 0.0627. The zero-order chi connectivity index (χ0) is 30.6. The van der Waals surface area contributed by atoms with Crippen LogP contribution in [0.3, 0.4) is 0 Å². The van der Waals surface area contributed by atoms with Crippen molar-refractivity contribution in [3.8, 4) is 5.75 Å². The Morgan fingerprint density at radius 2 is 1.57 bits per heavy atom. The summed E-state index contributed by atoms with van der Waals surface area (Å²) in [5, 5.41) is 8.91. The summed E-state index contributed by atoms with van der Waals surface area (Å²) >= 11 is 0. The van der Waals surface area contributed by atoms with Gasteiger partial charge in [-0.05, 0) is 24.6 Å². The van der Waals surface area contributed by atoms with Crippen molar-refractivity contribution < 1.29 is 52.0 Å². The largest absolute Gasteiger partial charge is 0.487 e. The van der Waals surface area contributed by atoms with E-state index < -0.39 is 60.1 Å². The molecule has 1 fully saturated rings. The first kappa shape index (κ1) is 30.2. The van der Waals surface area contributed by atoms with E-state index in [4.69, 9.17) is 32.8 Å². The molecule has 0 spiro atoms. The van der Waals surface area contributed by atoms with Gasteiger partial charge in [-0.25, -0.2) is 9.48 Å². The lowest BCUT2D eigenvalue weighted by Gasteiger charge is -2.44. The molecule has 1 aliphatic rings. The normalized spacial score (nSPS) is 21.8. The third-order valence-corrected chi connectivity index (χ3v) is 6.09. The molecule has 1 aromatic carbocycles. The highest BCUT2D eigenvalue weighted by molar-refractivity contribution is 5.81. The Balaban J connectivity index is 1.61. The van der Waals surface area contributed by atoms with Gasteiger partial charge in [0.25, 0.3) is 0 Å². The molecule has 1 aliphatic heterocycles. The number of esters is 4. The summed E-state index contributed by atoms with van der Waals surface area (Å²) in [5.74, 6) is -2.47. The Morgan fingerprint density at radius 1 is 0.905 bits per heavy atom. The van der Waals surface area contributed by atoms with Gasteiger partial charge in [0, 0.05) is 45.2 Å². The average molecular weight is 588 g/mol. The molecular weight excluding hydrogens is 558 g/mol. The second kappa shape index (κ2) is 12.8. The second-order valence-electron chi connectivity index (χ2n) is 9.47. The third-order valence-electron chi connectivity index (χ3n) is 6.09. The highest BCUT2D eigenvalue weighted by Crippen LogP contribution is 2.34. The van der Waals surface area contributed by atoms with Gasteiger partial charge >= 0.3 is 29.5 Å². The Labute approximate surface area is 238 Å². The summed E-state index contributed by atoms with van der Waals surface area (Å²) < 4.78 is 39.7. The fraction of sp³-hybridized carbons (Fsp3) is 0.444. The molecule has 0 saturated carbocycles. The number of aryl methyl sites for hydroxylation is 1. The maximum absolute atomic E-state index is 12.1. The van der Waals surface area contributed by atoms with Crippen molar-refractivity contribution in [2.75, 3.05) is 6.61 Å². The molecule has 4 rings (SSSR count). The highest BCUT2D eigenvalue weighted by atomic mass is 16.7. The van der Waals surface area contributed by atoms with Crippen LogP contribution in [0.5, 0.6) is 5.75 Å². The standard InChI is InChI=1S/C27H29N3O12/c1-13-8-23(35)41-21-9-19(6-7-20(13)21)37-11-18-10-30(29-28-18)27-26(40-17(5)34)25(39-16(4)33)24(38-15(3)32)22(42-27)12-36-14(2)31/h6-10,22,24-27H,11-12H2,1-5H3/t22-,24-,25+,26-,27-/m1/s1.